The van der Waals surface area contributed by atoms with E-state index in [0.717, 1.165) is 6.04 Å². The van der Waals surface area contributed by atoms with Gasteiger partial charge in [-0.2, -0.15) is 0 Å². The zero-order valence-electron chi connectivity index (χ0n) is 19.9. The number of carboxylic acid groups (broad SMARTS) is 1. The lowest BCUT2D eigenvalue weighted by molar-refractivity contribution is -0.139. The van der Waals surface area contributed by atoms with E-state index < -0.39 is 37.6 Å². The summed E-state index contributed by atoms with van der Waals surface area (Å²) in [5.74, 6) is -1.58. The van der Waals surface area contributed by atoms with Crippen LogP contribution in [0.1, 0.15) is 44.0 Å². The van der Waals surface area contributed by atoms with Crippen molar-refractivity contribution < 1.29 is 33.7 Å². The number of carboxylic acids is 1. The normalized spacial score (nSPS) is 12.7. The predicted octanol–water partition coefficient (Wildman–Crippen LogP) is 5.63. The number of amides is 1. The number of hydrogen-bond donors (Lipinski definition) is 2. The standard InChI is InChI=1S/C22H33Cl2NO7Si/c1-22(2,3)32-21(29)25-15(20(27)28)8-9-16(26)18-17(10-7-14(23)19(18)24)31-13-30-11-12-33(4,5)6/h7,10,15H,8-9,11-13H2,1-6H3,(H,25,29)(H,27,28)/t15-/m0/s1. The Kier molecular flexibility index (Phi) is 11.2. The molecule has 0 spiro atoms. The number of rotatable bonds is 12. The SMILES string of the molecule is CC(C)(C)OC(=O)N[C@@H](CCC(=O)c1c(OCOCC[Si](C)(C)C)ccc(Cl)c1Cl)C(=O)O. The lowest BCUT2D eigenvalue weighted by atomic mass is 10.0. The summed E-state index contributed by atoms with van der Waals surface area (Å²) in [6.45, 7) is 12.1. The number of Topliss-reactive ketones (excluding diaryl/α,β-unsaturated/α-hetero) is 1. The van der Waals surface area contributed by atoms with Gasteiger partial charge in [0.15, 0.2) is 12.6 Å². The molecule has 1 amide bonds. The third-order valence-electron chi connectivity index (χ3n) is 4.28. The van der Waals surface area contributed by atoms with Gasteiger partial charge in [-0.25, -0.2) is 9.59 Å². The molecule has 0 saturated carbocycles. The predicted molar refractivity (Wildman–Crippen MR) is 130 cm³/mol. The number of halogens is 2. The monoisotopic (exact) mass is 521 g/mol. The number of alkyl carbamates (subject to hydrolysis) is 1. The van der Waals surface area contributed by atoms with Gasteiger partial charge in [0.25, 0.3) is 0 Å². The van der Waals surface area contributed by atoms with Crippen LogP contribution in [0.5, 0.6) is 5.75 Å². The van der Waals surface area contributed by atoms with E-state index in [1.54, 1.807) is 20.8 Å². The van der Waals surface area contributed by atoms with Gasteiger partial charge in [0.1, 0.15) is 17.4 Å². The smallest absolute Gasteiger partial charge is 0.408 e. The van der Waals surface area contributed by atoms with Gasteiger partial charge in [0.2, 0.25) is 0 Å². The minimum Gasteiger partial charge on any atom is -0.480 e. The van der Waals surface area contributed by atoms with E-state index in [1.165, 1.54) is 12.1 Å². The zero-order valence-corrected chi connectivity index (χ0v) is 22.4. The maximum Gasteiger partial charge on any atom is 0.408 e. The summed E-state index contributed by atoms with van der Waals surface area (Å²) >= 11 is 12.3. The van der Waals surface area contributed by atoms with Crippen molar-refractivity contribution in [2.75, 3.05) is 13.4 Å². The molecule has 8 nitrogen and oxygen atoms in total. The van der Waals surface area contributed by atoms with Gasteiger partial charge in [-0.3, -0.25) is 4.79 Å². The Balaban J connectivity index is 2.83. The highest BCUT2D eigenvalue weighted by molar-refractivity contribution is 6.76. The second-order valence-electron chi connectivity index (χ2n) is 9.71. The summed E-state index contributed by atoms with van der Waals surface area (Å²) in [6, 6.07) is 2.65. The van der Waals surface area contributed by atoms with Crippen LogP contribution in [0.15, 0.2) is 12.1 Å². The van der Waals surface area contributed by atoms with Gasteiger partial charge in [0.05, 0.1) is 15.6 Å². The number of ether oxygens (including phenoxy) is 3. The molecule has 2 N–H and O–H groups in total. The van der Waals surface area contributed by atoms with E-state index in [0.29, 0.717) is 6.61 Å². The molecule has 186 valence electrons. The molecule has 1 aromatic rings. The molecule has 0 saturated heterocycles. The van der Waals surface area contributed by atoms with Crippen LogP contribution in [0.4, 0.5) is 4.79 Å². The Labute approximate surface area is 205 Å². The van der Waals surface area contributed by atoms with Crippen molar-refractivity contribution in [2.45, 2.75) is 70.9 Å². The van der Waals surface area contributed by atoms with Crippen molar-refractivity contribution in [1.82, 2.24) is 5.32 Å². The van der Waals surface area contributed by atoms with Gasteiger partial charge in [-0.15, -0.1) is 0 Å². The molecule has 0 aliphatic carbocycles. The molecule has 1 aromatic carbocycles. The Bertz CT molecular complexity index is 850. The van der Waals surface area contributed by atoms with Crippen molar-refractivity contribution in [3.63, 3.8) is 0 Å². The number of ketones is 1. The van der Waals surface area contributed by atoms with Crippen LogP contribution in [0.3, 0.4) is 0 Å². The Morgan fingerprint density at radius 3 is 2.33 bits per heavy atom. The van der Waals surface area contributed by atoms with E-state index >= 15 is 0 Å². The summed E-state index contributed by atoms with van der Waals surface area (Å²) in [5.41, 5.74) is -0.750. The fraction of sp³-hybridized carbons (Fsp3) is 0.591. The summed E-state index contributed by atoms with van der Waals surface area (Å²) in [5, 5.41) is 11.8. The quantitative estimate of drug-likeness (QED) is 0.159. The number of benzene rings is 1. The van der Waals surface area contributed by atoms with E-state index in [1.807, 2.05) is 0 Å². The molecule has 0 radical (unpaired) electrons. The highest BCUT2D eigenvalue weighted by Gasteiger charge is 2.26. The van der Waals surface area contributed by atoms with E-state index in [-0.39, 0.29) is 41.0 Å². The second-order valence-corrected chi connectivity index (χ2v) is 16.1. The van der Waals surface area contributed by atoms with Crippen molar-refractivity contribution >= 4 is 49.1 Å². The molecule has 0 bridgehead atoms. The molecule has 0 aliphatic rings. The van der Waals surface area contributed by atoms with Gasteiger partial charge in [-0.05, 0) is 45.4 Å². The van der Waals surface area contributed by atoms with Crippen molar-refractivity contribution in [3.05, 3.63) is 27.7 Å². The van der Waals surface area contributed by atoms with Gasteiger partial charge in [0, 0.05) is 21.1 Å². The Morgan fingerprint density at radius 2 is 1.79 bits per heavy atom. The fourth-order valence-electron chi connectivity index (χ4n) is 2.56. The average molecular weight is 522 g/mol. The van der Waals surface area contributed by atoms with Crippen LogP contribution in [0.2, 0.25) is 35.7 Å². The molecular weight excluding hydrogens is 489 g/mol. The third-order valence-corrected chi connectivity index (χ3v) is 6.79. The first-order valence-corrected chi connectivity index (χ1v) is 15.0. The molecule has 0 unspecified atom stereocenters. The van der Waals surface area contributed by atoms with Gasteiger partial charge in [-0.1, -0.05) is 42.8 Å². The highest BCUT2D eigenvalue weighted by atomic mass is 35.5. The molecular formula is C22H33Cl2NO7Si. The Morgan fingerprint density at radius 1 is 1.15 bits per heavy atom. The first-order chi connectivity index (χ1) is 15.1. The largest absolute Gasteiger partial charge is 0.480 e. The molecule has 33 heavy (non-hydrogen) atoms. The summed E-state index contributed by atoms with van der Waals surface area (Å²) in [6.07, 6.45) is -1.29. The number of carbonyl (C=O) groups excluding carboxylic acids is 2. The summed E-state index contributed by atoms with van der Waals surface area (Å²) in [7, 11) is -1.25. The van der Waals surface area contributed by atoms with Crippen molar-refractivity contribution in [2.24, 2.45) is 0 Å². The topological polar surface area (TPSA) is 111 Å². The summed E-state index contributed by atoms with van der Waals surface area (Å²) < 4.78 is 16.2. The zero-order chi connectivity index (χ0) is 25.4. The van der Waals surface area contributed by atoms with Crippen LogP contribution >= 0.6 is 23.2 Å². The van der Waals surface area contributed by atoms with E-state index in [4.69, 9.17) is 37.4 Å². The molecule has 0 fully saturated rings. The fourth-order valence-corrected chi connectivity index (χ4v) is 3.74. The van der Waals surface area contributed by atoms with Crippen molar-refractivity contribution in [1.29, 1.82) is 0 Å². The minimum absolute atomic E-state index is 0.00763. The molecule has 0 heterocycles. The van der Waals surface area contributed by atoms with Gasteiger partial charge < -0.3 is 24.6 Å². The van der Waals surface area contributed by atoms with Crippen LogP contribution < -0.4 is 10.1 Å². The minimum atomic E-state index is -1.32. The molecule has 0 aliphatic heterocycles. The van der Waals surface area contributed by atoms with E-state index in [2.05, 4.69) is 25.0 Å². The second kappa shape index (κ2) is 12.6. The molecule has 11 heteroatoms. The Hall–Kier alpha value is -1.81. The molecule has 1 rings (SSSR count). The maximum absolute atomic E-state index is 12.9. The maximum atomic E-state index is 12.9. The van der Waals surface area contributed by atoms with E-state index in [9.17, 15) is 19.5 Å². The van der Waals surface area contributed by atoms with Crippen LogP contribution in [-0.4, -0.2) is 56.1 Å². The van der Waals surface area contributed by atoms with Gasteiger partial charge >= 0.3 is 12.1 Å². The molecule has 0 aromatic heterocycles. The number of hydrogen-bond acceptors (Lipinski definition) is 6. The number of nitrogens with one attached hydrogen (secondary N) is 1. The van der Waals surface area contributed by atoms with Crippen LogP contribution in [0, 0.1) is 0 Å². The number of carbonyl (C=O) groups is 3. The third kappa shape index (κ3) is 11.2. The lowest BCUT2D eigenvalue weighted by Crippen LogP contribution is -2.43. The van der Waals surface area contributed by atoms with Crippen LogP contribution in [-0.2, 0) is 14.3 Å². The first kappa shape index (κ1) is 29.2. The number of aliphatic carboxylic acids is 1. The molecule has 1 atom stereocenters. The summed E-state index contributed by atoms with van der Waals surface area (Å²) in [4.78, 5) is 36.4. The highest BCUT2D eigenvalue weighted by Crippen LogP contribution is 2.34. The van der Waals surface area contributed by atoms with Crippen molar-refractivity contribution in [3.8, 4) is 5.75 Å². The lowest BCUT2D eigenvalue weighted by Gasteiger charge is -2.22. The average Bonchev–Trinajstić information content (AvgIpc) is 2.64. The first-order valence-electron chi connectivity index (χ1n) is 10.5. The van der Waals surface area contributed by atoms with Crippen LogP contribution in [0.25, 0.3) is 0 Å².